The Labute approximate surface area is 170 Å². The molecule has 1 aliphatic rings. The molecule has 1 saturated heterocycles. The van der Waals surface area contributed by atoms with Gasteiger partial charge in [0.25, 0.3) is 0 Å². The highest BCUT2D eigenvalue weighted by Gasteiger charge is 2.28. The quantitative estimate of drug-likeness (QED) is 0.633. The van der Waals surface area contributed by atoms with Gasteiger partial charge in [-0.2, -0.15) is 4.98 Å². The number of piperidine rings is 1. The average molecular weight is 391 g/mol. The van der Waals surface area contributed by atoms with Crippen LogP contribution < -0.4 is 4.74 Å². The minimum Gasteiger partial charge on any atom is -0.497 e. The first kappa shape index (κ1) is 19.2. The summed E-state index contributed by atoms with van der Waals surface area (Å²) in [4.78, 5) is 19.2. The lowest BCUT2D eigenvalue weighted by Crippen LogP contribution is -2.39. The molecular weight excluding hydrogens is 366 g/mol. The number of nitrogens with zero attached hydrogens (tertiary/aromatic N) is 3. The largest absolute Gasteiger partial charge is 0.497 e. The van der Waals surface area contributed by atoms with E-state index in [1.807, 2.05) is 47.4 Å². The second-order valence-electron chi connectivity index (χ2n) is 7.35. The van der Waals surface area contributed by atoms with Gasteiger partial charge in [0, 0.05) is 25.1 Å². The predicted octanol–water partition coefficient (Wildman–Crippen LogP) is 4.08. The van der Waals surface area contributed by atoms with Crippen molar-refractivity contribution in [2.45, 2.75) is 31.6 Å². The maximum atomic E-state index is 12.7. The Kier molecular flexibility index (Phi) is 5.89. The first-order valence-electron chi connectivity index (χ1n) is 10.0. The van der Waals surface area contributed by atoms with Crippen LogP contribution in [0.25, 0.3) is 11.4 Å². The molecule has 1 aliphatic heterocycles. The summed E-state index contributed by atoms with van der Waals surface area (Å²) < 4.78 is 10.8. The molecule has 0 radical (unpaired) electrons. The second kappa shape index (κ2) is 8.90. The topological polar surface area (TPSA) is 68.5 Å². The van der Waals surface area contributed by atoms with E-state index in [9.17, 15) is 4.79 Å². The molecule has 4 rings (SSSR count). The molecule has 0 saturated carbocycles. The van der Waals surface area contributed by atoms with E-state index in [2.05, 4.69) is 22.3 Å². The number of rotatable bonds is 6. The van der Waals surface area contributed by atoms with E-state index in [1.165, 1.54) is 5.56 Å². The zero-order valence-corrected chi connectivity index (χ0v) is 16.6. The fourth-order valence-corrected chi connectivity index (χ4v) is 3.74. The van der Waals surface area contributed by atoms with Crippen LogP contribution in [0.3, 0.4) is 0 Å². The molecule has 6 nitrogen and oxygen atoms in total. The van der Waals surface area contributed by atoms with Crippen molar-refractivity contribution in [1.29, 1.82) is 0 Å². The first-order chi connectivity index (χ1) is 14.2. The molecular formula is C23H25N3O3. The van der Waals surface area contributed by atoms with Gasteiger partial charge in [-0.15, -0.1) is 0 Å². The molecule has 2 heterocycles. The molecule has 1 amide bonds. The maximum Gasteiger partial charge on any atom is 0.231 e. The third-order valence-electron chi connectivity index (χ3n) is 5.36. The number of aryl methyl sites for hydroxylation is 1. The molecule has 1 aromatic heterocycles. The van der Waals surface area contributed by atoms with E-state index in [4.69, 9.17) is 9.26 Å². The molecule has 2 aromatic carbocycles. The molecule has 1 unspecified atom stereocenters. The Morgan fingerprint density at radius 2 is 2.07 bits per heavy atom. The number of aromatic nitrogens is 2. The number of carbonyl (C=O) groups is 1. The van der Waals surface area contributed by atoms with E-state index >= 15 is 0 Å². The summed E-state index contributed by atoms with van der Waals surface area (Å²) in [6.45, 7) is 1.42. The van der Waals surface area contributed by atoms with Crippen molar-refractivity contribution in [3.8, 4) is 17.1 Å². The van der Waals surface area contributed by atoms with Crippen LogP contribution in [0.1, 0.15) is 36.6 Å². The second-order valence-corrected chi connectivity index (χ2v) is 7.35. The number of hydrogen-bond acceptors (Lipinski definition) is 5. The summed E-state index contributed by atoms with van der Waals surface area (Å²) >= 11 is 0. The van der Waals surface area contributed by atoms with Crippen molar-refractivity contribution in [2.75, 3.05) is 20.2 Å². The Morgan fingerprint density at radius 3 is 2.90 bits per heavy atom. The normalized spacial score (nSPS) is 16.6. The third-order valence-corrected chi connectivity index (χ3v) is 5.36. The van der Waals surface area contributed by atoms with Crippen LogP contribution in [-0.4, -0.2) is 41.1 Å². The SMILES string of the molecule is COc1cccc(-c2noc(C3CCCN(C(=O)CCc4ccccc4)C3)n2)c1. The van der Waals surface area contributed by atoms with Crippen molar-refractivity contribution >= 4 is 5.91 Å². The Hall–Kier alpha value is -3.15. The number of ether oxygens (including phenoxy) is 1. The highest BCUT2D eigenvalue weighted by atomic mass is 16.5. The molecule has 1 fully saturated rings. The standard InChI is InChI=1S/C23H25N3O3/c1-28-20-11-5-9-18(15-20)22-24-23(29-25-22)19-10-6-14-26(16-19)21(27)13-12-17-7-3-2-4-8-17/h2-5,7-9,11,15,19H,6,10,12-14,16H2,1H3. The zero-order valence-electron chi connectivity index (χ0n) is 16.6. The van der Waals surface area contributed by atoms with E-state index in [-0.39, 0.29) is 11.8 Å². The van der Waals surface area contributed by atoms with Crippen LogP contribution in [0.2, 0.25) is 0 Å². The highest BCUT2D eigenvalue weighted by Crippen LogP contribution is 2.29. The maximum absolute atomic E-state index is 12.7. The fourth-order valence-electron chi connectivity index (χ4n) is 3.74. The molecule has 1 atom stereocenters. The van der Waals surface area contributed by atoms with Gasteiger partial charge in [0.05, 0.1) is 13.0 Å². The van der Waals surface area contributed by atoms with Crippen molar-refractivity contribution in [1.82, 2.24) is 15.0 Å². The van der Waals surface area contributed by atoms with Gasteiger partial charge in [-0.3, -0.25) is 4.79 Å². The molecule has 0 bridgehead atoms. The molecule has 0 N–H and O–H groups in total. The van der Waals surface area contributed by atoms with Gasteiger partial charge in [0.2, 0.25) is 17.6 Å². The lowest BCUT2D eigenvalue weighted by molar-refractivity contribution is -0.132. The number of benzene rings is 2. The Bertz CT molecular complexity index is 955. The van der Waals surface area contributed by atoms with Gasteiger partial charge in [-0.1, -0.05) is 47.6 Å². The molecule has 3 aromatic rings. The zero-order chi connectivity index (χ0) is 20.1. The van der Waals surface area contributed by atoms with Gasteiger partial charge < -0.3 is 14.2 Å². The summed E-state index contributed by atoms with van der Waals surface area (Å²) in [6, 6.07) is 17.7. The summed E-state index contributed by atoms with van der Waals surface area (Å²) in [5.41, 5.74) is 2.04. The summed E-state index contributed by atoms with van der Waals surface area (Å²) in [5.74, 6) is 2.17. The van der Waals surface area contributed by atoms with Crippen molar-refractivity contribution in [3.05, 3.63) is 66.1 Å². The van der Waals surface area contributed by atoms with Crippen LogP contribution in [0, 0.1) is 0 Å². The van der Waals surface area contributed by atoms with Gasteiger partial charge in [-0.25, -0.2) is 0 Å². The highest BCUT2D eigenvalue weighted by molar-refractivity contribution is 5.76. The average Bonchev–Trinajstić information content (AvgIpc) is 3.29. The number of hydrogen-bond donors (Lipinski definition) is 0. The van der Waals surface area contributed by atoms with Crippen molar-refractivity contribution < 1.29 is 14.1 Å². The summed E-state index contributed by atoms with van der Waals surface area (Å²) in [6.07, 6.45) is 3.18. The number of carbonyl (C=O) groups excluding carboxylic acids is 1. The molecule has 6 heteroatoms. The molecule has 0 aliphatic carbocycles. The molecule has 29 heavy (non-hydrogen) atoms. The fraction of sp³-hybridized carbons (Fsp3) is 0.348. The van der Waals surface area contributed by atoms with Gasteiger partial charge in [0.1, 0.15) is 5.75 Å². The van der Waals surface area contributed by atoms with Crippen molar-refractivity contribution in [3.63, 3.8) is 0 Å². The van der Waals surface area contributed by atoms with Crippen LogP contribution in [0.15, 0.2) is 59.1 Å². The van der Waals surface area contributed by atoms with Crippen LogP contribution in [0.4, 0.5) is 0 Å². The number of likely N-dealkylation sites (tertiary alicyclic amines) is 1. The predicted molar refractivity (Wildman–Crippen MR) is 110 cm³/mol. The summed E-state index contributed by atoms with van der Waals surface area (Å²) in [7, 11) is 1.63. The number of amides is 1. The smallest absolute Gasteiger partial charge is 0.231 e. The molecule has 0 spiro atoms. The van der Waals surface area contributed by atoms with E-state index in [0.29, 0.717) is 24.7 Å². The number of methoxy groups -OCH3 is 1. The van der Waals surface area contributed by atoms with E-state index in [1.54, 1.807) is 7.11 Å². The van der Waals surface area contributed by atoms with Gasteiger partial charge >= 0.3 is 0 Å². The minimum absolute atomic E-state index is 0.0799. The van der Waals surface area contributed by atoms with Gasteiger partial charge in [0.15, 0.2) is 0 Å². The lowest BCUT2D eigenvalue weighted by Gasteiger charge is -2.31. The first-order valence-corrected chi connectivity index (χ1v) is 10.0. The van der Waals surface area contributed by atoms with Crippen LogP contribution in [0.5, 0.6) is 5.75 Å². The summed E-state index contributed by atoms with van der Waals surface area (Å²) in [5, 5.41) is 4.14. The Balaban J connectivity index is 1.39. The van der Waals surface area contributed by atoms with Crippen molar-refractivity contribution in [2.24, 2.45) is 0 Å². The minimum atomic E-state index is 0.0799. The van der Waals surface area contributed by atoms with E-state index < -0.39 is 0 Å². The van der Waals surface area contributed by atoms with Crippen LogP contribution in [-0.2, 0) is 11.2 Å². The monoisotopic (exact) mass is 391 g/mol. The lowest BCUT2D eigenvalue weighted by atomic mass is 9.97. The third kappa shape index (κ3) is 4.65. The molecule has 150 valence electrons. The Morgan fingerprint density at radius 1 is 1.21 bits per heavy atom. The van der Waals surface area contributed by atoms with E-state index in [0.717, 1.165) is 37.1 Å². The van der Waals surface area contributed by atoms with Gasteiger partial charge in [-0.05, 0) is 37.0 Å². The van der Waals surface area contributed by atoms with Crippen LogP contribution >= 0.6 is 0 Å².